The van der Waals surface area contributed by atoms with Crippen molar-refractivity contribution >= 4 is 17.6 Å². The van der Waals surface area contributed by atoms with E-state index >= 15 is 0 Å². The maximum absolute atomic E-state index is 12.5. The summed E-state index contributed by atoms with van der Waals surface area (Å²) < 4.78 is 7.01. The highest BCUT2D eigenvalue weighted by atomic mass is 16.5. The zero-order chi connectivity index (χ0) is 23.0. The van der Waals surface area contributed by atoms with Crippen LogP contribution in [0.15, 0.2) is 48.7 Å². The molecular formula is C24H26N4O4. The number of amides is 1. The fraction of sp³-hybridized carbons (Fsp3) is 0.333. The number of ether oxygens (including phenoxy) is 1. The predicted molar refractivity (Wildman–Crippen MR) is 120 cm³/mol. The minimum Gasteiger partial charge on any atom is -0.497 e. The number of aromatic nitrogens is 3. The number of nitrogens with zero attached hydrogens (tertiary/aromatic N) is 4. The second-order valence-corrected chi connectivity index (χ2v) is 8.06. The summed E-state index contributed by atoms with van der Waals surface area (Å²) in [4.78, 5) is 26.0. The predicted octanol–water partition coefficient (Wildman–Crippen LogP) is 4.02. The maximum Gasteiger partial charge on any atom is 0.335 e. The number of hydrogen-bond acceptors (Lipinski definition) is 5. The zero-order valence-corrected chi connectivity index (χ0v) is 18.5. The average Bonchev–Trinajstić information content (AvgIpc) is 3.27. The van der Waals surface area contributed by atoms with Gasteiger partial charge < -0.3 is 14.7 Å². The van der Waals surface area contributed by atoms with Crippen LogP contribution in [-0.2, 0) is 4.79 Å². The lowest BCUT2D eigenvalue weighted by molar-refractivity contribution is -0.117. The molecule has 3 atom stereocenters. The van der Waals surface area contributed by atoms with Crippen LogP contribution in [0.3, 0.4) is 0 Å². The summed E-state index contributed by atoms with van der Waals surface area (Å²) in [7, 11) is 1.62. The van der Waals surface area contributed by atoms with Crippen LogP contribution in [0.4, 0.5) is 5.69 Å². The summed E-state index contributed by atoms with van der Waals surface area (Å²) in [5, 5.41) is 18.3. The minimum absolute atomic E-state index is 0.00846. The Bertz CT molecular complexity index is 1160. The third-order valence-corrected chi connectivity index (χ3v) is 6.23. The Kier molecular flexibility index (Phi) is 5.69. The van der Waals surface area contributed by atoms with Gasteiger partial charge in [-0.15, -0.1) is 5.10 Å². The summed E-state index contributed by atoms with van der Waals surface area (Å²) in [5.41, 5.74) is 3.26. The standard InChI is InChI=1S/C24H26N4O4/c1-5-21-14(2)23(19-12-17(24(30)31)8-11-22(19)28(21)15(3)29)27-13-20(25-26-27)16-6-9-18(32-4)10-7-16/h6-14,21,23H,5H2,1-4H3,(H,30,31)/t14?,21?,23-/m0/s1. The molecular weight excluding hydrogens is 408 g/mol. The highest BCUT2D eigenvalue weighted by Crippen LogP contribution is 2.44. The molecule has 2 aromatic carbocycles. The van der Waals surface area contributed by atoms with Crippen LogP contribution in [0.1, 0.15) is 49.2 Å². The van der Waals surface area contributed by atoms with Gasteiger partial charge in [-0.2, -0.15) is 0 Å². The van der Waals surface area contributed by atoms with Gasteiger partial charge in [0.2, 0.25) is 5.91 Å². The zero-order valence-electron chi connectivity index (χ0n) is 18.5. The van der Waals surface area contributed by atoms with Gasteiger partial charge >= 0.3 is 5.97 Å². The fourth-order valence-corrected chi connectivity index (χ4v) is 4.70. The van der Waals surface area contributed by atoms with Crippen LogP contribution < -0.4 is 9.64 Å². The van der Waals surface area contributed by atoms with Crippen molar-refractivity contribution in [2.75, 3.05) is 12.0 Å². The quantitative estimate of drug-likeness (QED) is 0.651. The van der Waals surface area contributed by atoms with E-state index in [1.54, 1.807) is 41.8 Å². The normalized spacial score (nSPS) is 20.0. The summed E-state index contributed by atoms with van der Waals surface area (Å²) in [5.74, 6) is -0.328. The van der Waals surface area contributed by atoms with E-state index in [9.17, 15) is 14.7 Å². The van der Waals surface area contributed by atoms with Crippen molar-refractivity contribution in [3.05, 3.63) is 59.8 Å². The third-order valence-electron chi connectivity index (χ3n) is 6.23. The number of benzene rings is 2. The number of carbonyl (C=O) groups is 2. The van der Waals surface area contributed by atoms with Crippen LogP contribution in [0.5, 0.6) is 5.75 Å². The van der Waals surface area contributed by atoms with Crippen molar-refractivity contribution in [2.24, 2.45) is 5.92 Å². The number of methoxy groups -OCH3 is 1. The number of anilines is 1. The molecule has 0 spiro atoms. The van der Waals surface area contributed by atoms with Crippen molar-refractivity contribution < 1.29 is 19.4 Å². The Morgan fingerprint density at radius 3 is 2.47 bits per heavy atom. The molecule has 1 amide bonds. The molecule has 2 heterocycles. The first-order valence-electron chi connectivity index (χ1n) is 10.6. The number of hydrogen-bond donors (Lipinski definition) is 1. The minimum atomic E-state index is -1.01. The molecule has 0 saturated carbocycles. The molecule has 0 fully saturated rings. The molecule has 0 radical (unpaired) electrons. The Morgan fingerprint density at radius 2 is 1.88 bits per heavy atom. The van der Waals surface area contributed by atoms with Gasteiger partial charge in [-0.3, -0.25) is 4.79 Å². The van der Waals surface area contributed by atoms with Gasteiger partial charge in [-0.25, -0.2) is 9.48 Å². The van der Waals surface area contributed by atoms with Gasteiger partial charge in [0.05, 0.1) is 24.9 Å². The Morgan fingerprint density at radius 1 is 1.16 bits per heavy atom. The molecule has 0 aliphatic carbocycles. The maximum atomic E-state index is 12.5. The number of carboxylic acid groups (broad SMARTS) is 1. The summed E-state index contributed by atoms with van der Waals surface area (Å²) >= 11 is 0. The van der Waals surface area contributed by atoms with Gasteiger partial charge in [-0.1, -0.05) is 19.1 Å². The highest BCUT2D eigenvalue weighted by molar-refractivity contribution is 5.95. The molecule has 3 aromatic rings. The Labute approximate surface area is 186 Å². The van der Waals surface area contributed by atoms with Gasteiger partial charge in [-0.05, 0) is 48.9 Å². The summed E-state index contributed by atoms with van der Waals surface area (Å²) in [6.07, 6.45) is 2.63. The van der Waals surface area contributed by atoms with E-state index in [2.05, 4.69) is 24.2 Å². The van der Waals surface area contributed by atoms with Gasteiger partial charge in [0.25, 0.3) is 0 Å². The molecule has 1 aliphatic rings. The number of aromatic carboxylic acids is 1. The van der Waals surface area contributed by atoms with Crippen LogP contribution in [0, 0.1) is 5.92 Å². The molecule has 0 bridgehead atoms. The molecule has 8 heteroatoms. The van der Waals surface area contributed by atoms with Gasteiger partial charge in [0, 0.05) is 35.7 Å². The van der Waals surface area contributed by atoms with E-state index in [-0.39, 0.29) is 29.5 Å². The second-order valence-electron chi connectivity index (χ2n) is 8.06. The van der Waals surface area contributed by atoms with Crippen molar-refractivity contribution in [1.29, 1.82) is 0 Å². The van der Waals surface area contributed by atoms with Crippen LogP contribution in [0.2, 0.25) is 0 Å². The number of carboxylic acids is 1. The molecule has 8 nitrogen and oxygen atoms in total. The van der Waals surface area contributed by atoms with Crippen molar-refractivity contribution in [3.63, 3.8) is 0 Å². The van der Waals surface area contributed by atoms with Gasteiger partial charge in [0.15, 0.2) is 0 Å². The SMILES string of the molecule is CCC1C(C)[C@H](n2cc(-c3ccc(OC)cc3)nn2)c2cc(C(=O)O)ccc2N1C(C)=O. The lowest BCUT2D eigenvalue weighted by Crippen LogP contribution is -2.49. The third kappa shape index (κ3) is 3.62. The van der Waals surface area contributed by atoms with E-state index in [0.717, 1.165) is 29.0 Å². The summed E-state index contributed by atoms with van der Waals surface area (Å²) in [6, 6.07) is 12.2. The van der Waals surface area contributed by atoms with E-state index in [1.807, 2.05) is 30.5 Å². The molecule has 4 rings (SSSR count). The van der Waals surface area contributed by atoms with E-state index in [1.165, 1.54) is 0 Å². The second kappa shape index (κ2) is 8.45. The first kappa shape index (κ1) is 21.5. The van der Waals surface area contributed by atoms with Crippen LogP contribution in [-0.4, -0.2) is 45.1 Å². The Balaban J connectivity index is 1.83. The molecule has 2 unspecified atom stereocenters. The molecule has 0 saturated heterocycles. The van der Waals surface area contributed by atoms with Crippen molar-refractivity contribution in [1.82, 2.24) is 15.0 Å². The lowest BCUT2D eigenvalue weighted by Gasteiger charge is -2.44. The number of carbonyl (C=O) groups excluding carboxylic acids is 1. The fourth-order valence-electron chi connectivity index (χ4n) is 4.70. The number of fused-ring (bicyclic) bond motifs is 1. The highest BCUT2D eigenvalue weighted by Gasteiger charge is 2.41. The Hall–Kier alpha value is -3.68. The van der Waals surface area contributed by atoms with Crippen molar-refractivity contribution in [2.45, 2.75) is 39.3 Å². The topological polar surface area (TPSA) is 97.5 Å². The molecule has 166 valence electrons. The molecule has 1 aliphatic heterocycles. The first-order chi connectivity index (χ1) is 15.3. The van der Waals surface area contributed by atoms with Crippen molar-refractivity contribution in [3.8, 4) is 17.0 Å². The number of rotatable bonds is 5. The summed E-state index contributed by atoms with van der Waals surface area (Å²) in [6.45, 7) is 5.66. The van der Waals surface area contributed by atoms with Crippen LogP contribution in [0.25, 0.3) is 11.3 Å². The van der Waals surface area contributed by atoms with Gasteiger partial charge in [0.1, 0.15) is 11.4 Å². The van der Waals surface area contributed by atoms with Crippen LogP contribution >= 0.6 is 0 Å². The van der Waals surface area contributed by atoms with E-state index in [4.69, 9.17) is 4.74 Å². The largest absolute Gasteiger partial charge is 0.497 e. The smallest absolute Gasteiger partial charge is 0.335 e. The molecule has 1 aromatic heterocycles. The van der Waals surface area contributed by atoms with E-state index in [0.29, 0.717) is 5.69 Å². The lowest BCUT2D eigenvalue weighted by atomic mass is 9.80. The molecule has 32 heavy (non-hydrogen) atoms. The average molecular weight is 434 g/mol. The first-order valence-corrected chi connectivity index (χ1v) is 10.6. The molecule has 1 N–H and O–H groups in total. The monoisotopic (exact) mass is 434 g/mol. The van der Waals surface area contributed by atoms with E-state index < -0.39 is 5.97 Å².